The van der Waals surface area contributed by atoms with E-state index in [9.17, 15) is 14.0 Å². The minimum atomic E-state index is -0.738. The lowest BCUT2D eigenvalue weighted by Gasteiger charge is -2.24. The van der Waals surface area contributed by atoms with Gasteiger partial charge >= 0.3 is 6.09 Å². The molecule has 0 N–H and O–H groups in total. The van der Waals surface area contributed by atoms with Crippen LogP contribution in [0, 0.1) is 5.82 Å². The fraction of sp³-hybridized carbons (Fsp3) is 0.467. The van der Waals surface area contributed by atoms with Crippen LogP contribution in [0.1, 0.15) is 39.2 Å². The summed E-state index contributed by atoms with van der Waals surface area (Å²) < 4.78 is 18.7. The number of carbonyl (C=O) groups excluding carboxylic acids is 2. The van der Waals surface area contributed by atoms with E-state index in [1.54, 1.807) is 26.8 Å². The maximum Gasteiger partial charge on any atom is 0.421 e. The second-order valence-electron chi connectivity index (χ2n) is 6.36. The van der Waals surface area contributed by atoms with Gasteiger partial charge in [0.25, 0.3) is 0 Å². The molecule has 0 radical (unpaired) electrons. The predicted octanol–water partition coefficient (Wildman–Crippen LogP) is 3.14. The van der Waals surface area contributed by atoms with Gasteiger partial charge in [0, 0.05) is 0 Å². The minimum Gasteiger partial charge on any atom is -0.443 e. The summed E-state index contributed by atoms with van der Waals surface area (Å²) in [7, 11) is 0. The fourth-order valence-corrected chi connectivity index (χ4v) is 2.63. The number of benzene rings is 1. The molecule has 0 bridgehead atoms. The van der Waals surface area contributed by atoms with Gasteiger partial charge in [0.1, 0.15) is 11.4 Å². The average Bonchev–Trinajstić information content (AvgIpc) is 3.03. The van der Waals surface area contributed by atoms with Crippen LogP contribution in [0.3, 0.4) is 0 Å². The van der Waals surface area contributed by atoms with Crippen LogP contribution < -0.4 is 4.90 Å². The molecular formula is C15H16FNO3. The van der Waals surface area contributed by atoms with Gasteiger partial charge in [-0.1, -0.05) is 6.07 Å². The molecule has 2 amide bonds. The number of hydrogen-bond acceptors (Lipinski definition) is 3. The van der Waals surface area contributed by atoms with Crippen molar-refractivity contribution >= 4 is 17.7 Å². The molecule has 1 spiro atoms. The Morgan fingerprint density at radius 3 is 2.55 bits per heavy atom. The van der Waals surface area contributed by atoms with Crippen LogP contribution in [0.15, 0.2) is 18.2 Å². The van der Waals surface area contributed by atoms with E-state index in [1.165, 1.54) is 12.1 Å². The monoisotopic (exact) mass is 277 g/mol. The van der Waals surface area contributed by atoms with Gasteiger partial charge in [0.2, 0.25) is 5.91 Å². The van der Waals surface area contributed by atoms with E-state index in [0.717, 1.165) is 10.5 Å². The number of fused-ring (bicyclic) bond motifs is 2. The van der Waals surface area contributed by atoms with E-state index in [0.29, 0.717) is 18.5 Å². The highest BCUT2D eigenvalue weighted by Crippen LogP contribution is 2.57. The van der Waals surface area contributed by atoms with Crippen LogP contribution in [0.5, 0.6) is 0 Å². The summed E-state index contributed by atoms with van der Waals surface area (Å²) in [4.78, 5) is 25.7. The van der Waals surface area contributed by atoms with E-state index in [4.69, 9.17) is 4.74 Å². The Morgan fingerprint density at radius 2 is 2.00 bits per heavy atom. The van der Waals surface area contributed by atoms with Gasteiger partial charge in [-0.3, -0.25) is 4.79 Å². The van der Waals surface area contributed by atoms with Crippen LogP contribution in [-0.4, -0.2) is 17.6 Å². The van der Waals surface area contributed by atoms with Crippen LogP contribution in [-0.2, 0) is 14.9 Å². The van der Waals surface area contributed by atoms with Crippen molar-refractivity contribution in [3.8, 4) is 0 Å². The Bertz CT molecular complexity index is 614. The summed E-state index contributed by atoms with van der Waals surface area (Å²) >= 11 is 0. The molecular weight excluding hydrogens is 261 g/mol. The summed E-state index contributed by atoms with van der Waals surface area (Å²) in [5, 5.41) is 0. The lowest BCUT2D eigenvalue weighted by atomic mass is 9.98. The largest absolute Gasteiger partial charge is 0.443 e. The number of nitrogens with zero attached hydrogens (tertiary/aromatic N) is 1. The van der Waals surface area contributed by atoms with Crippen molar-refractivity contribution in [2.24, 2.45) is 0 Å². The normalized spacial score (nSPS) is 19.2. The second kappa shape index (κ2) is 3.81. The zero-order chi connectivity index (χ0) is 14.7. The highest BCUT2D eigenvalue weighted by atomic mass is 19.1. The molecule has 1 fully saturated rings. The van der Waals surface area contributed by atoms with Gasteiger partial charge in [0.15, 0.2) is 0 Å². The Hall–Kier alpha value is -1.91. The first-order valence-electron chi connectivity index (χ1n) is 6.62. The molecule has 1 saturated carbocycles. The number of carbonyl (C=O) groups is 2. The molecule has 1 aromatic rings. The molecule has 4 nitrogen and oxygen atoms in total. The van der Waals surface area contributed by atoms with Crippen LogP contribution >= 0.6 is 0 Å². The van der Waals surface area contributed by atoms with Crippen molar-refractivity contribution < 1.29 is 18.7 Å². The third-order valence-corrected chi connectivity index (χ3v) is 3.65. The first kappa shape index (κ1) is 13.1. The molecule has 1 heterocycles. The molecule has 1 aliphatic carbocycles. The quantitative estimate of drug-likeness (QED) is 0.732. The Kier molecular flexibility index (Phi) is 2.49. The van der Waals surface area contributed by atoms with Gasteiger partial charge in [0.05, 0.1) is 11.1 Å². The zero-order valence-electron chi connectivity index (χ0n) is 11.7. The number of rotatable bonds is 0. The molecule has 1 aliphatic heterocycles. The van der Waals surface area contributed by atoms with Crippen LogP contribution in [0.25, 0.3) is 0 Å². The lowest BCUT2D eigenvalue weighted by Crippen LogP contribution is -2.41. The average molecular weight is 277 g/mol. The molecule has 0 unspecified atom stereocenters. The molecule has 5 heteroatoms. The van der Waals surface area contributed by atoms with Crippen molar-refractivity contribution in [3.05, 3.63) is 29.6 Å². The summed E-state index contributed by atoms with van der Waals surface area (Å²) in [6.07, 6.45) is 0.659. The number of ether oxygens (including phenoxy) is 1. The third-order valence-electron chi connectivity index (χ3n) is 3.65. The molecule has 1 aromatic carbocycles. The highest BCUT2D eigenvalue weighted by molar-refractivity contribution is 6.22. The van der Waals surface area contributed by atoms with Gasteiger partial charge in [-0.25, -0.2) is 14.1 Å². The van der Waals surface area contributed by atoms with Crippen molar-refractivity contribution in [1.82, 2.24) is 0 Å². The Morgan fingerprint density at radius 1 is 1.35 bits per heavy atom. The zero-order valence-corrected chi connectivity index (χ0v) is 11.7. The maximum absolute atomic E-state index is 13.4. The van der Waals surface area contributed by atoms with E-state index in [1.807, 2.05) is 0 Å². The van der Waals surface area contributed by atoms with Crippen molar-refractivity contribution in [1.29, 1.82) is 0 Å². The van der Waals surface area contributed by atoms with Crippen molar-refractivity contribution in [2.75, 3.05) is 4.90 Å². The third kappa shape index (κ3) is 1.80. The topological polar surface area (TPSA) is 46.6 Å². The van der Waals surface area contributed by atoms with Gasteiger partial charge in [-0.15, -0.1) is 0 Å². The summed E-state index contributed by atoms with van der Waals surface area (Å²) in [6, 6.07) is 4.15. The molecule has 0 aromatic heterocycles. The van der Waals surface area contributed by atoms with Gasteiger partial charge in [-0.2, -0.15) is 0 Å². The number of anilines is 1. The fourth-order valence-electron chi connectivity index (χ4n) is 2.63. The molecule has 0 saturated heterocycles. The Labute approximate surface area is 116 Å². The van der Waals surface area contributed by atoms with Crippen molar-refractivity contribution in [3.63, 3.8) is 0 Å². The van der Waals surface area contributed by atoms with E-state index >= 15 is 0 Å². The maximum atomic E-state index is 13.4. The molecule has 20 heavy (non-hydrogen) atoms. The van der Waals surface area contributed by atoms with E-state index in [2.05, 4.69) is 0 Å². The molecule has 2 aliphatic rings. The SMILES string of the molecule is CC(C)(C)OC(=O)N1C(=O)C2(CC2)c2ccc(F)cc21. The smallest absolute Gasteiger partial charge is 0.421 e. The number of amides is 2. The summed E-state index contributed by atoms with van der Waals surface area (Å²) in [5.41, 5.74) is -0.277. The number of halogens is 1. The lowest BCUT2D eigenvalue weighted by molar-refractivity contribution is -0.120. The van der Waals surface area contributed by atoms with Gasteiger partial charge in [-0.05, 0) is 51.3 Å². The van der Waals surface area contributed by atoms with Crippen LogP contribution in [0.4, 0.5) is 14.9 Å². The first-order valence-corrected chi connectivity index (χ1v) is 6.62. The first-order chi connectivity index (χ1) is 9.24. The molecule has 0 atom stereocenters. The molecule has 106 valence electrons. The predicted molar refractivity (Wildman–Crippen MR) is 71.0 cm³/mol. The van der Waals surface area contributed by atoms with Crippen molar-refractivity contribution in [2.45, 2.75) is 44.6 Å². The number of imide groups is 1. The standard InChI is InChI=1S/C15H16FNO3/c1-14(2,3)20-13(19)17-11-8-9(16)4-5-10(11)15(6-7-15)12(17)18/h4-5,8H,6-7H2,1-3H3. The van der Waals surface area contributed by atoms with E-state index in [-0.39, 0.29) is 5.91 Å². The summed E-state index contributed by atoms with van der Waals surface area (Å²) in [5.74, 6) is -0.768. The minimum absolute atomic E-state index is 0.299. The molecule has 3 rings (SSSR count). The van der Waals surface area contributed by atoms with E-state index < -0.39 is 22.9 Å². The highest BCUT2D eigenvalue weighted by Gasteiger charge is 2.61. The second-order valence-corrected chi connectivity index (χ2v) is 6.36. The summed E-state index contributed by atoms with van der Waals surface area (Å²) in [6.45, 7) is 5.18. The van der Waals surface area contributed by atoms with Gasteiger partial charge < -0.3 is 4.74 Å². The number of hydrogen-bond donors (Lipinski definition) is 0. The van der Waals surface area contributed by atoms with Crippen LogP contribution in [0.2, 0.25) is 0 Å². The Balaban J connectivity index is 2.03.